The Labute approximate surface area is 170 Å². The molecule has 0 amide bonds. The smallest absolute Gasteiger partial charge is 0.337 e. The fourth-order valence-electron chi connectivity index (χ4n) is 3.75. The number of fused-ring (bicyclic) bond motifs is 1. The Hall–Kier alpha value is -2.90. The number of hydrogen-bond donors (Lipinski definition) is 0. The van der Waals surface area contributed by atoms with Crippen LogP contribution in [0.4, 0.5) is 5.69 Å². The van der Waals surface area contributed by atoms with Crippen LogP contribution in [-0.4, -0.2) is 74.0 Å². The molecule has 7 heteroatoms. The summed E-state index contributed by atoms with van der Waals surface area (Å²) < 4.78 is 12.1. The number of esters is 1. The molecule has 2 aromatic carbocycles. The van der Waals surface area contributed by atoms with Crippen molar-refractivity contribution in [2.24, 2.45) is 0 Å². The minimum Gasteiger partial charge on any atom is -0.465 e. The molecule has 1 saturated heterocycles. The van der Waals surface area contributed by atoms with Crippen LogP contribution >= 0.6 is 0 Å². The molecule has 0 spiro atoms. The summed E-state index contributed by atoms with van der Waals surface area (Å²) >= 11 is 0. The molecule has 29 heavy (non-hydrogen) atoms. The molecule has 0 saturated carbocycles. The van der Waals surface area contributed by atoms with Gasteiger partial charge >= 0.3 is 5.97 Å². The molecular weight excluding hydrogens is 368 g/mol. The molecule has 4 rings (SSSR count). The largest absolute Gasteiger partial charge is 0.465 e. The van der Waals surface area contributed by atoms with E-state index in [-0.39, 0.29) is 5.97 Å². The molecule has 2 heterocycles. The lowest BCUT2D eigenvalue weighted by molar-refractivity contribution is 0.0601. The maximum Gasteiger partial charge on any atom is 0.337 e. The van der Waals surface area contributed by atoms with Crippen LogP contribution < -0.4 is 4.90 Å². The highest BCUT2D eigenvalue weighted by Crippen LogP contribution is 2.24. The predicted octanol–water partition coefficient (Wildman–Crippen LogP) is 2.58. The van der Waals surface area contributed by atoms with Crippen molar-refractivity contribution in [2.75, 3.05) is 58.5 Å². The van der Waals surface area contributed by atoms with Crippen molar-refractivity contribution in [3.8, 4) is 5.69 Å². The summed E-state index contributed by atoms with van der Waals surface area (Å²) in [6.45, 7) is 5.80. The van der Waals surface area contributed by atoms with E-state index < -0.39 is 0 Å². The maximum absolute atomic E-state index is 11.9. The van der Waals surface area contributed by atoms with Gasteiger partial charge in [0.15, 0.2) is 0 Å². The third kappa shape index (κ3) is 4.11. The second-order valence-electron chi connectivity index (χ2n) is 7.15. The quantitative estimate of drug-likeness (QED) is 0.599. The number of anilines is 1. The van der Waals surface area contributed by atoms with Gasteiger partial charge in [-0.1, -0.05) is 6.07 Å². The number of piperazine rings is 1. The second kappa shape index (κ2) is 8.63. The van der Waals surface area contributed by atoms with Crippen molar-refractivity contribution in [3.05, 3.63) is 54.4 Å². The summed E-state index contributed by atoms with van der Waals surface area (Å²) in [5.74, 6) is -0.347. The number of rotatable bonds is 6. The fraction of sp³-hybridized carbons (Fsp3) is 0.364. The van der Waals surface area contributed by atoms with Crippen molar-refractivity contribution in [3.63, 3.8) is 0 Å². The Morgan fingerprint density at radius 3 is 2.59 bits per heavy atom. The molecule has 1 aliphatic rings. The molecule has 0 bridgehead atoms. The van der Waals surface area contributed by atoms with Crippen LogP contribution in [0.15, 0.2) is 48.8 Å². The summed E-state index contributed by atoms with van der Waals surface area (Å²) in [6, 6.07) is 13.9. The van der Waals surface area contributed by atoms with Gasteiger partial charge in [0.2, 0.25) is 0 Å². The molecule has 1 aliphatic heterocycles. The van der Waals surface area contributed by atoms with Crippen molar-refractivity contribution in [1.82, 2.24) is 14.5 Å². The average molecular weight is 394 g/mol. The van der Waals surface area contributed by atoms with Gasteiger partial charge in [-0.05, 0) is 36.4 Å². The van der Waals surface area contributed by atoms with Gasteiger partial charge in [-0.25, -0.2) is 9.78 Å². The second-order valence-corrected chi connectivity index (χ2v) is 7.15. The summed E-state index contributed by atoms with van der Waals surface area (Å²) in [5.41, 5.74) is 4.46. The molecule has 0 N–H and O–H groups in total. The van der Waals surface area contributed by atoms with Gasteiger partial charge in [-0.15, -0.1) is 0 Å². The highest BCUT2D eigenvalue weighted by molar-refractivity contribution is 5.94. The molecule has 152 valence electrons. The first kappa shape index (κ1) is 19.4. The molecule has 0 radical (unpaired) electrons. The molecule has 1 fully saturated rings. The Morgan fingerprint density at radius 1 is 1.03 bits per heavy atom. The van der Waals surface area contributed by atoms with Crippen molar-refractivity contribution < 1.29 is 14.3 Å². The SMILES string of the molecule is COCCN1CCN(c2cccc(-n3cnc4ccc(C(=O)OC)cc43)c2)CC1. The van der Waals surface area contributed by atoms with Crippen LogP contribution in [0.25, 0.3) is 16.7 Å². The van der Waals surface area contributed by atoms with E-state index >= 15 is 0 Å². The van der Waals surface area contributed by atoms with Crippen LogP contribution in [0.3, 0.4) is 0 Å². The van der Waals surface area contributed by atoms with Gasteiger partial charge < -0.3 is 14.4 Å². The Morgan fingerprint density at radius 2 is 1.83 bits per heavy atom. The minimum atomic E-state index is -0.347. The lowest BCUT2D eigenvalue weighted by atomic mass is 10.2. The summed E-state index contributed by atoms with van der Waals surface area (Å²) in [4.78, 5) is 21.2. The normalized spacial score (nSPS) is 15.0. The van der Waals surface area contributed by atoms with Crippen LogP contribution in [0.5, 0.6) is 0 Å². The topological polar surface area (TPSA) is 59.8 Å². The van der Waals surface area contributed by atoms with Crippen LogP contribution in [-0.2, 0) is 9.47 Å². The maximum atomic E-state index is 11.9. The third-order valence-electron chi connectivity index (χ3n) is 5.43. The van der Waals surface area contributed by atoms with Gasteiger partial charge in [0.1, 0.15) is 6.33 Å². The van der Waals surface area contributed by atoms with Gasteiger partial charge in [0.25, 0.3) is 0 Å². The van der Waals surface area contributed by atoms with E-state index in [1.54, 1.807) is 19.5 Å². The lowest BCUT2D eigenvalue weighted by Crippen LogP contribution is -2.47. The van der Waals surface area contributed by atoms with Crippen molar-refractivity contribution in [2.45, 2.75) is 0 Å². The number of ether oxygens (including phenoxy) is 2. The van der Waals surface area contributed by atoms with Crippen molar-refractivity contribution >= 4 is 22.7 Å². The predicted molar refractivity (Wildman–Crippen MR) is 113 cm³/mol. The zero-order chi connectivity index (χ0) is 20.2. The summed E-state index contributed by atoms with van der Waals surface area (Å²) in [5, 5.41) is 0. The summed E-state index contributed by atoms with van der Waals surface area (Å²) in [7, 11) is 3.14. The number of carbonyl (C=O) groups is 1. The number of hydrogen-bond acceptors (Lipinski definition) is 6. The number of carbonyl (C=O) groups excluding carboxylic acids is 1. The minimum absolute atomic E-state index is 0.347. The number of imidazole rings is 1. The molecule has 0 aliphatic carbocycles. The van der Waals surface area contributed by atoms with E-state index in [9.17, 15) is 4.79 Å². The molecule has 1 aromatic heterocycles. The van der Waals surface area contributed by atoms with Gasteiger partial charge in [0.05, 0.1) is 30.3 Å². The van der Waals surface area contributed by atoms with Crippen LogP contribution in [0.1, 0.15) is 10.4 Å². The lowest BCUT2D eigenvalue weighted by Gasteiger charge is -2.36. The van der Waals surface area contributed by atoms with E-state index in [0.29, 0.717) is 5.56 Å². The van der Waals surface area contributed by atoms with Crippen molar-refractivity contribution in [1.29, 1.82) is 0 Å². The first-order valence-electron chi connectivity index (χ1n) is 9.81. The average Bonchev–Trinajstić information content (AvgIpc) is 3.21. The Kier molecular flexibility index (Phi) is 5.78. The highest BCUT2D eigenvalue weighted by atomic mass is 16.5. The highest BCUT2D eigenvalue weighted by Gasteiger charge is 2.17. The zero-order valence-electron chi connectivity index (χ0n) is 16.9. The van der Waals surface area contributed by atoms with Gasteiger partial charge in [-0.3, -0.25) is 9.47 Å². The van der Waals surface area contributed by atoms with E-state index in [0.717, 1.165) is 56.1 Å². The standard InChI is InChI=1S/C22H26N4O3/c1-28-13-12-24-8-10-25(11-9-24)18-4-3-5-19(15-18)26-16-23-20-7-6-17(14-21(20)26)22(27)29-2/h3-7,14-16H,8-13H2,1-2H3. The molecule has 0 atom stereocenters. The molecule has 7 nitrogen and oxygen atoms in total. The van der Waals surface area contributed by atoms with E-state index in [4.69, 9.17) is 9.47 Å². The van der Waals surface area contributed by atoms with Crippen LogP contribution in [0.2, 0.25) is 0 Å². The van der Waals surface area contributed by atoms with E-state index in [1.807, 2.05) is 16.7 Å². The molecule has 3 aromatic rings. The first-order chi connectivity index (χ1) is 14.2. The monoisotopic (exact) mass is 394 g/mol. The van der Waals surface area contributed by atoms with E-state index in [1.165, 1.54) is 12.8 Å². The Balaban J connectivity index is 1.57. The number of nitrogens with zero attached hydrogens (tertiary/aromatic N) is 4. The number of benzene rings is 2. The summed E-state index contributed by atoms with van der Waals surface area (Å²) in [6.07, 6.45) is 1.80. The van der Waals surface area contributed by atoms with Gasteiger partial charge in [-0.2, -0.15) is 0 Å². The van der Waals surface area contributed by atoms with Gasteiger partial charge in [0, 0.05) is 51.2 Å². The molecular formula is C22H26N4O3. The molecule has 0 unspecified atom stereocenters. The number of aromatic nitrogens is 2. The third-order valence-corrected chi connectivity index (χ3v) is 5.43. The van der Waals surface area contributed by atoms with Crippen LogP contribution in [0, 0.1) is 0 Å². The zero-order valence-corrected chi connectivity index (χ0v) is 16.9. The first-order valence-corrected chi connectivity index (χ1v) is 9.81. The fourth-order valence-corrected chi connectivity index (χ4v) is 3.75. The Bertz CT molecular complexity index is 993. The van der Waals surface area contributed by atoms with E-state index in [2.05, 4.69) is 39.0 Å². The number of methoxy groups -OCH3 is 2.